The maximum atomic E-state index is 10.9. The highest BCUT2D eigenvalue weighted by Crippen LogP contribution is 2.51. The first-order chi connectivity index (χ1) is 8.16. The van der Waals surface area contributed by atoms with Gasteiger partial charge in [0.05, 0.1) is 12.5 Å². The first-order valence-electron chi connectivity index (χ1n) is 6.19. The van der Waals surface area contributed by atoms with E-state index in [1.165, 1.54) is 5.56 Å². The van der Waals surface area contributed by atoms with Crippen molar-refractivity contribution in [2.24, 2.45) is 0 Å². The summed E-state index contributed by atoms with van der Waals surface area (Å²) >= 11 is 0. The highest BCUT2D eigenvalue weighted by molar-refractivity contribution is 5.68. The van der Waals surface area contributed by atoms with Crippen LogP contribution in [-0.4, -0.2) is 16.2 Å². The molecule has 0 saturated heterocycles. The Kier molecular flexibility index (Phi) is 2.44. The lowest BCUT2D eigenvalue weighted by molar-refractivity contribution is -0.137. The smallest absolute Gasteiger partial charge is 0.303 e. The van der Waals surface area contributed by atoms with Crippen molar-refractivity contribution >= 4 is 5.97 Å². The van der Waals surface area contributed by atoms with Crippen LogP contribution in [-0.2, 0) is 4.79 Å². The fourth-order valence-corrected chi connectivity index (χ4v) is 3.48. The lowest BCUT2D eigenvalue weighted by Gasteiger charge is -2.28. The molecule has 0 spiro atoms. The van der Waals surface area contributed by atoms with Gasteiger partial charge in [-0.25, -0.2) is 0 Å². The molecule has 2 aliphatic carbocycles. The number of carboxylic acid groups (broad SMARTS) is 1. The molecule has 1 aromatic rings. The second kappa shape index (κ2) is 3.84. The van der Waals surface area contributed by atoms with Crippen LogP contribution in [0.1, 0.15) is 60.3 Å². The summed E-state index contributed by atoms with van der Waals surface area (Å²) < 4.78 is 0. The maximum absolute atomic E-state index is 10.9. The Hall–Kier alpha value is -1.35. The molecule has 0 aromatic heterocycles. The van der Waals surface area contributed by atoms with Crippen LogP contribution < -0.4 is 0 Å². The molecule has 3 atom stereocenters. The van der Waals surface area contributed by atoms with E-state index in [2.05, 4.69) is 0 Å². The van der Waals surface area contributed by atoms with Gasteiger partial charge >= 0.3 is 5.97 Å². The summed E-state index contributed by atoms with van der Waals surface area (Å²) in [5, 5.41) is 18.9. The molecule has 0 saturated carbocycles. The quantitative estimate of drug-likeness (QED) is 0.823. The standard InChI is InChI=1S/C14H16O3/c15-12-6-9-5-4-8(7-13(16)17)10-2-1-3-11(12)14(9)10/h1-3,8-9,12,15H,4-7H2,(H,16,17)/t8-,9-,12-/m1/s1. The van der Waals surface area contributed by atoms with Gasteiger partial charge < -0.3 is 10.2 Å². The first-order valence-corrected chi connectivity index (χ1v) is 6.19. The van der Waals surface area contributed by atoms with E-state index in [4.69, 9.17) is 5.11 Å². The molecule has 2 aliphatic rings. The Morgan fingerprint density at radius 3 is 2.82 bits per heavy atom. The van der Waals surface area contributed by atoms with E-state index in [9.17, 15) is 9.90 Å². The number of aliphatic hydroxyl groups excluding tert-OH is 1. The summed E-state index contributed by atoms with van der Waals surface area (Å²) in [6.07, 6.45) is 2.61. The largest absolute Gasteiger partial charge is 0.481 e. The summed E-state index contributed by atoms with van der Waals surface area (Å²) in [6, 6.07) is 5.96. The summed E-state index contributed by atoms with van der Waals surface area (Å²) in [7, 11) is 0. The lowest BCUT2D eigenvalue weighted by atomic mass is 9.76. The fraction of sp³-hybridized carbons (Fsp3) is 0.500. The van der Waals surface area contributed by atoms with E-state index in [0.29, 0.717) is 5.92 Å². The summed E-state index contributed by atoms with van der Waals surface area (Å²) in [6.45, 7) is 0. The molecular formula is C14H16O3. The van der Waals surface area contributed by atoms with Crippen molar-refractivity contribution in [3.8, 4) is 0 Å². The van der Waals surface area contributed by atoms with Gasteiger partial charge in [0.2, 0.25) is 0 Å². The summed E-state index contributed by atoms with van der Waals surface area (Å²) in [5.41, 5.74) is 3.44. The molecule has 0 radical (unpaired) electrons. The molecule has 3 rings (SSSR count). The Morgan fingerprint density at radius 1 is 1.29 bits per heavy atom. The number of hydrogen-bond acceptors (Lipinski definition) is 2. The Bertz CT molecular complexity index is 467. The van der Waals surface area contributed by atoms with Gasteiger partial charge in [0.25, 0.3) is 0 Å². The molecule has 0 bridgehead atoms. The number of benzene rings is 1. The van der Waals surface area contributed by atoms with Crippen LogP contribution in [0.3, 0.4) is 0 Å². The molecule has 0 aliphatic heterocycles. The Labute approximate surface area is 100 Å². The van der Waals surface area contributed by atoms with Crippen molar-refractivity contribution in [1.82, 2.24) is 0 Å². The van der Waals surface area contributed by atoms with Crippen molar-refractivity contribution in [1.29, 1.82) is 0 Å². The van der Waals surface area contributed by atoms with Gasteiger partial charge in [0.1, 0.15) is 0 Å². The molecule has 1 aromatic carbocycles. The minimum atomic E-state index is -0.732. The van der Waals surface area contributed by atoms with Gasteiger partial charge in [0, 0.05) is 0 Å². The fourth-order valence-electron chi connectivity index (χ4n) is 3.48. The van der Waals surface area contributed by atoms with Gasteiger partial charge in [-0.1, -0.05) is 18.2 Å². The molecule has 90 valence electrons. The average Bonchev–Trinajstić information content (AvgIpc) is 2.61. The summed E-state index contributed by atoms with van der Waals surface area (Å²) in [5.74, 6) is -0.158. The van der Waals surface area contributed by atoms with Crippen molar-refractivity contribution in [2.75, 3.05) is 0 Å². The molecule has 2 N–H and O–H groups in total. The minimum absolute atomic E-state index is 0.129. The summed E-state index contributed by atoms with van der Waals surface area (Å²) in [4.78, 5) is 10.9. The number of hydrogen-bond donors (Lipinski definition) is 2. The minimum Gasteiger partial charge on any atom is -0.481 e. The number of aliphatic carboxylic acids is 1. The van der Waals surface area contributed by atoms with Crippen LogP contribution in [0.2, 0.25) is 0 Å². The van der Waals surface area contributed by atoms with E-state index < -0.39 is 5.97 Å². The monoisotopic (exact) mass is 232 g/mol. The zero-order valence-corrected chi connectivity index (χ0v) is 9.60. The lowest BCUT2D eigenvalue weighted by Crippen LogP contribution is -2.15. The third-order valence-electron chi connectivity index (χ3n) is 4.17. The van der Waals surface area contributed by atoms with E-state index in [1.807, 2.05) is 18.2 Å². The van der Waals surface area contributed by atoms with Crippen molar-refractivity contribution in [2.45, 2.75) is 43.6 Å². The molecule has 17 heavy (non-hydrogen) atoms. The topological polar surface area (TPSA) is 57.5 Å². The van der Waals surface area contributed by atoms with Crippen LogP contribution in [0.4, 0.5) is 0 Å². The highest BCUT2D eigenvalue weighted by Gasteiger charge is 2.37. The Morgan fingerprint density at radius 2 is 2.06 bits per heavy atom. The van der Waals surface area contributed by atoms with E-state index in [0.717, 1.165) is 30.4 Å². The second-order valence-electron chi connectivity index (χ2n) is 5.17. The molecule has 0 fully saturated rings. The van der Waals surface area contributed by atoms with Crippen LogP contribution >= 0.6 is 0 Å². The van der Waals surface area contributed by atoms with Crippen molar-refractivity contribution in [3.63, 3.8) is 0 Å². The van der Waals surface area contributed by atoms with E-state index >= 15 is 0 Å². The maximum Gasteiger partial charge on any atom is 0.303 e. The molecule has 3 heteroatoms. The van der Waals surface area contributed by atoms with E-state index in [1.54, 1.807) is 0 Å². The molecule has 3 nitrogen and oxygen atoms in total. The molecule has 0 heterocycles. The van der Waals surface area contributed by atoms with E-state index in [-0.39, 0.29) is 18.4 Å². The first kappa shape index (κ1) is 10.8. The normalized spacial score (nSPS) is 30.1. The highest BCUT2D eigenvalue weighted by atomic mass is 16.4. The van der Waals surface area contributed by atoms with Crippen LogP contribution in [0.15, 0.2) is 18.2 Å². The van der Waals surface area contributed by atoms with Crippen molar-refractivity contribution < 1.29 is 15.0 Å². The third-order valence-corrected chi connectivity index (χ3v) is 4.17. The van der Waals surface area contributed by atoms with Gasteiger partial charge in [0.15, 0.2) is 0 Å². The number of rotatable bonds is 2. The van der Waals surface area contributed by atoms with Crippen LogP contribution in [0.5, 0.6) is 0 Å². The second-order valence-corrected chi connectivity index (χ2v) is 5.17. The molecule has 0 amide bonds. The van der Waals surface area contributed by atoms with Gasteiger partial charge in [-0.2, -0.15) is 0 Å². The van der Waals surface area contributed by atoms with Crippen molar-refractivity contribution in [3.05, 3.63) is 34.9 Å². The molecule has 0 unspecified atom stereocenters. The SMILES string of the molecule is O=C(O)C[C@H]1CC[C@@H]2C[C@@H](O)c3cccc1c32. The number of carbonyl (C=O) groups is 1. The zero-order chi connectivity index (χ0) is 12.0. The third kappa shape index (κ3) is 1.65. The van der Waals surface area contributed by atoms with Gasteiger partial charge in [-0.05, 0) is 47.8 Å². The number of carboxylic acids is 1. The van der Waals surface area contributed by atoms with Crippen LogP contribution in [0, 0.1) is 0 Å². The average molecular weight is 232 g/mol. The predicted octanol–water partition coefficient (Wildman–Crippen LogP) is 2.56. The predicted molar refractivity (Wildman–Crippen MR) is 63.0 cm³/mol. The van der Waals surface area contributed by atoms with Crippen LogP contribution in [0.25, 0.3) is 0 Å². The Balaban J connectivity index is 2.04. The molecular weight excluding hydrogens is 216 g/mol. The van der Waals surface area contributed by atoms with Gasteiger partial charge in [-0.3, -0.25) is 4.79 Å². The zero-order valence-electron chi connectivity index (χ0n) is 9.60. The van der Waals surface area contributed by atoms with Gasteiger partial charge in [-0.15, -0.1) is 0 Å². The number of aliphatic hydroxyl groups is 1.